The molecule has 0 bridgehead atoms. The lowest BCUT2D eigenvalue weighted by atomic mass is 10.2. The van der Waals surface area contributed by atoms with E-state index in [0.29, 0.717) is 18.9 Å². The van der Waals surface area contributed by atoms with Gasteiger partial charge in [-0.25, -0.2) is 16.8 Å². The first-order chi connectivity index (χ1) is 15.5. The first-order valence-corrected chi connectivity index (χ1v) is 13.4. The van der Waals surface area contributed by atoms with Crippen LogP contribution in [0.4, 0.5) is 11.4 Å². The van der Waals surface area contributed by atoms with Crippen LogP contribution in [0.3, 0.4) is 0 Å². The molecular formula is C21H27N3O7S2. The molecule has 0 spiro atoms. The van der Waals surface area contributed by atoms with E-state index in [1.807, 2.05) is 6.92 Å². The maximum absolute atomic E-state index is 13.0. The summed E-state index contributed by atoms with van der Waals surface area (Å²) in [4.78, 5) is 12.8. The topological polar surface area (TPSA) is 122 Å². The fraction of sp³-hybridized carbons (Fsp3) is 0.381. The Morgan fingerprint density at radius 1 is 1.09 bits per heavy atom. The summed E-state index contributed by atoms with van der Waals surface area (Å²) in [5.41, 5.74) is 1.41. The van der Waals surface area contributed by atoms with Crippen LogP contribution in [-0.2, 0) is 29.6 Å². The van der Waals surface area contributed by atoms with Crippen molar-refractivity contribution >= 4 is 37.3 Å². The van der Waals surface area contributed by atoms with Crippen LogP contribution in [0.1, 0.15) is 5.56 Å². The second-order valence-corrected chi connectivity index (χ2v) is 11.4. The van der Waals surface area contributed by atoms with E-state index in [1.165, 1.54) is 29.6 Å². The number of methoxy groups -OCH3 is 1. The lowest BCUT2D eigenvalue weighted by Gasteiger charge is -2.26. The Balaban J connectivity index is 1.85. The molecule has 0 aromatic heterocycles. The zero-order chi connectivity index (χ0) is 24.2. The number of aryl methyl sites for hydroxylation is 1. The standard InChI is InChI=1S/C21H27N3O7S2/c1-16-4-6-17(7-5-16)24(32(3,26)27)15-21(25)22-19-14-18(8-9-20(19)30-2)33(28,29)23-10-12-31-13-11-23/h4-9,14H,10-13,15H2,1-3H3,(H,22,25). The number of morpholine rings is 1. The smallest absolute Gasteiger partial charge is 0.245 e. The third kappa shape index (κ3) is 6.02. The molecule has 3 rings (SSSR count). The zero-order valence-electron chi connectivity index (χ0n) is 18.6. The Morgan fingerprint density at radius 2 is 1.73 bits per heavy atom. The summed E-state index contributed by atoms with van der Waals surface area (Å²) in [6.07, 6.45) is 1.01. The van der Waals surface area contributed by atoms with E-state index in [9.17, 15) is 21.6 Å². The molecule has 0 atom stereocenters. The average Bonchev–Trinajstić information content (AvgIpc) is 2.78. The summed E-state index contributed by atoms with van der Waals surface area (Å²) in [5.74, 6) is -0.411. The van der Waals surface area contributed by atoms with Crippen molar-refractivity contribution in [3.8, 4) is 5.75 Å². The maximum Gasteiger partial charge on any atom is 0.245 e. The fourth-order valence-corrected chi connectivity index (χ4v) is 5.60. The van der Waals surface area contributed by atoms with Crippen LogP contribution in [0.25, 0.3) is 0 Å². The van der Waals surface area contributed by atoms with Crippen LogP contribution >= 0.6 is 0 Å². The van der Waals surface area contributed by atoms with Crippen LogP contribution in [0.5, 0.6) is 5.75 Å². The van der Waals surface area contributed by atoms with Crippen molar-refractivity contribution in [2.75, 3.05) is 55.8 Å². The van der Waals surface area contributed by atoms with E-state index in [4.69, 9.17) is 9.47 Å². The molecule has 1 amide bonds. The van der Waals surface area contributed by atoms with Gasteiger partial charge in [0.15, 0.2) is 0 Å². The molecule has 1 N–H and O–H groups in total. The van der Waals surface area contributed by atoms with Gasteiger partial charge >= 0.3 is 0 Å². The number of hydrogen-bond acceptors (Lipinski definition) is 7. The lowest BCUT2D eigenvalue weighted by Crippen LogP contribution is -2.40. The summed E-state index contributed by atoms with van der Waals surface area (Å²) in [7, 11) is -6.17. The molecule has 1 heterocycles. The van der Waals surface area contributed by atoms with Gasteiger partial charge in [0.05, 0.1) is 42.8 Å². The van der Waals surface area contributed by atoms with E-state index < -0.39 is 32.5 Å². The van der Waals surface area contributed by atoms with Crippen molar-refractivity contribution in [1.29, 1.82) is 0 Å². The minimum atomic E-state index is -3.80. The van der Waals surface area contributed by atoms with Gasteiger partial charge in [-0.3, -0.25) is 9.10 Å². The first kappa shape index (κ1) is 25.0. The van der Waals surface area contributed by atoms with E-state index in [0.717, 1.165) is 16.1 Å². The number of benzene rings is 2. The van der Waals surface area contributed by atoms with Gasteiger partial charge in [0, 0.05) is 13.1 Å². The number of nitrogens with zero attached hydrogens (tertiary/aromatic N) is 2. The van der Waals surface area contributed by atoms with Gasteiger partial charge in [-0.15, -0.1) is 0 Å². The Morgan fingerprint density at radius 3 is 2.30 bits per heavy atom. The molecule has 33 heavy (non-hydrogen) atoms. The molecule has 2 aromatic carbocycles. The normalized spacial score (nSPS) is 15.1. The molecule has 12 heteroatoms. The second-order valence-electron chi connectivity index (χ2n) is 7.53. The van der Waals surface area contributed by atoms with Crippen molar-refractivity contribution in [2.45, 2.75) is 11.8 Å². The molecule has 1 aliphatic heterocycles. The first-order valence-electron chi connectivity index (χ1n) is 10.1. The van der Waals surface area contributed by atoms with Gasteiger partial charge in [-0.1, -0.05) is 17.7 Å². The summed E-state index contributed by atoms with van der Waals surface area (Å²) in [6, 6.07) is 10.9. The Labute approximate surface area is 194 Å². The Kier molecular flexibility index (Phi) is 7.62. The van der Waals surface area contributed by atoms with Gasteiger partial charge in [0.2, 0.25) is 26.0 Å². The molecule has 1 saturated heterocycles. The summed E-state index contributed by atoms with van der Waals surface area (Å²) in [6.45, 7) is 2.45. The predicted octanol–water partition coefficient (Wildman–Crippen LogP) is 1.43. The van der Waals surface area contributed by atoms with E-state index in [1.54, 1.807) is 24.3 Å². The number of carbonyl (C=O) groups is 1. The summed E-state index contributed by atoms with van der Waals surface area (Å²) >= 11 is 0. The molecule has 0 saturated carbocycles. The zero-order valence-corrected chi connectivity index (χ0v) is 20.3. The molecule has 2 aromatic rings. The highest BCUT2D eigenvalue weighted by molar-refractivity contribution is 7.92. The van der Waals surface area contributed by atoms with Crippen molar-refractivity contribution in [3.05, 3.63) is 48.0 Å². The lowest BCUT2D eigenvalue weighted by molar-refractivity contribution is -0.114. The van der Waals surface area contributed by atoms with E-state index in [2.05, 4.69) is 5.32 Å². The molecule has 0 aliphatic carbocycles. The van der Waals surface area contributed by atoms with Crippen LogP contribution in [0.15, 0.2) is 47.4 Å². The number of nitrogens with one attached hydrogen (secondary N) is 1. The number of sulfonamides is 2. The largest absolute Gasteiger partial charge is 0.495 e. The molecule has 180 valence electrons. The summed E-state index contributed by atoms with van der Waals surface area (Å²) < 4.78 is 63.3. The number of ether oxygens (including phenoxy) is 2. The number of carbonyl (C=O) groups excluding carboxylic acids is 1. The van der Waals surface area contributed by atoms with Crippen molar-refractivity contribution in [3.63, 3.8) is 0 Å². The van der Waals surface area contributed by atoms with Gasteiger partial charge in [-0.2, -0.15) is 4.31 Å². The van der Waals surface area contributed by atoms with Gasteiger partial charge < -0.3 is 14.8 Å². The highest BCUT2D eigenvalue weighted by Crippen LogP contribution is 2.29. The quantitative estimate of drug-likeness (QED) is 0.585. The van der Waals surface area contributed by atoms with E-state index >= 15 is 0 Å². The number of anilines is 2. The monoisotopic (exact) mass is 497 g/mol. The molecule has 1 fully saturated rings. The molecule has 1 aliphatic rings. The highest BCUT2D eigenvalue weighted by Gasteiger charge is 2.28. The minimum Gasteiger partial charge on any atom is -0.495 e. The van der Waals surface area contributed by atoms with Crippen molar-refractivity contribution in [2.24, 2.45) is 0 Å². The number of rotatable bonds is 8. The van der Waals surface area contributed by atoms with Crippen molar-refractivity contribution < 1.29 is 31.1 Å². The SMILES string of the molecule is COc1ccc(S(=O)(=O)N2CCOCC2)cc1NC(=O)CN(c1ccc(C)cc1)S(C)(=O)=O. The third-order valence-corrected chi connectivity index (χ3v) is 8.10. The third-order valence-electron chi connectivity index (χ3n) is 5.06. The van der Waals surface area contributed by atoms with Crippen LogP contribution in [-0.4, -0.2) is 73.3 Å². The van der Waals surface area contributed by atoms with E-state index in [-0.39, 0.29) is 29.4 Å². The molecule has 0 unspecified atom stereocenters. The average molecular weight is 498 g/mol. The summed E-state index contributed by atoms with van der Waals surface area (Å²) in [5, 5.41) is 2.58. The predicted molar refractivity (Wildman–Crippen MR) is 125 cm³/mol. The van der Waals surface area contributed by atoms with Crippen LogP contribution in [0, 0.1) is 6.92 Å². The van der Waals surface area contributed by atoms with Gasteiger partial charge in [-0.05, 0) is 37.3 Å². The molecular weight excluding hydrogens is 470 g/mol. The van der Waals surface area contributed by atoms with Crippen LogP contribution < -0.4 is 14.4 Å². The Hall–Kier alpha value is -2.67. The number of amides is 1. The fourth-order valence-electron chi connectivity index (χ4n) is 3.31. The second kappa shape index (κ2) is 10.1. The molecule has 0 radical (unpaired) electrons. The highest BCUT2D eigenvalue weighted by atomic mass is 32.2. The maximum atomic E-state index is 13.0. The van der Waals surface area contributed by atoms with Gasteiger partial charge in [0.1, 0.15) is 12.3 Å². The van der Waals surface area contributed by atoms with Gasteiger partial charge in [0.25, 0.3) is 0 Å². The number of hydrogen-bond donors (Lipinski definition) is 1. The minimum absolute atomic E-state index is 0.0148. The van der Waals surface area contributed by atoms with Crippen LogP contribution in [0.2, 0.25) is 0 Å². The van der Waals surface area contributed by atoms with Crippen molar-refractivity contribution in [1.82, 2.24) is 4.31 Å². The Bertz CT molecular complexity index is 1210. The molecule has 10 nitrogen and oxygen atoms in total.